The maximum absolute atomic E-state index is 13.3. The first-order chi connectivity index (χ1) is 34.3. The first-order valence-corrected chi connectivity index (χ1v) is 26.4. The van der Waals surface area contributed by atoms with Gasteiger partial charge in [0.25, 0.3) is 35.9 Å². The Labute approximate surface area is 418 Å². The van der Waals surface area contributed by atoms with E-state index < -0.39 is 112 Å². The lowest BCUT2D eigenvalue weighted by atomic mass is 10.1. The lowest BCUT2D eigenvalue weighted by Gasteiger charge is -2.14. The van der Waals surface area contributed by atoms with E-state index in [0.717, 1.165) is 60.7 Å². The van der Waals surface area contributed by atoms with Crippen LogP contribution in [0.3, 0.4) is 0 Å². The minimum absolute atomic E-state index is 0.0205. The Morgan fingerprint density at radius 3 is 1.86 bits per heavy atom. The molecule has 0 aromatic heterocycles. The van der Waals surface area contributed by atoms with Crippen LogP contribution in [-0.2, 0) is 63.0 Å². The standard InChI is InChI=1S/C36H31N11O20S6/c37-24-16-25(38)28(47(49)50)17-27(24)43-40-19-1-3-21(4-2-19)46-71(55,56)22-7-5-20(6-8-22)41-45-35-31(73(60,61)62)14-18-13-29(68-66-64-51)34(36(48)32(18)33(35)39)44-42-26-10-9-23(15-30(26)72(57,58)59)70(53,54)12-11-63-69-67-65-52/h1-10,13-17,46,48,51-52H,11-12,37-39H2,(H,57,58,59)(H,60,61,62)/b43-40+,44-42+,45-41+. The van der Waals surface area contributed by atoms with Crippen molar-refractivity contribution in [2.45, 2.75) is 24.5 Å². The van der Waals surface area contributed by atoms with Gasteiger partial charge < -0.3 is 22.3 Å². The number of aromatic hydroxyl groups is 1. The minimum atomic E-state index is -5.26. The maximum Gasteiger partial charge on any atom is 0.296 e. The van der Waals surface area contributed by atoms with E-state index in [1.165, 1.54) is 24.3 Å². The summed E-state index contributed by atoms with van der Waals surface area (Å²) in [6.45, 7) is -0.557. The summed E-state index contributed by atoms with van der Waals surface area (Å²) in [6.07, 6.45) is 0. The van der Waals surface area contributed by atoms with Crippen LogP contribution in [-0.4, -0.2) is 75.7 Å². The molecule has 0 aliphatic carbocycles. The molecular weight excluding hydrogens is 1100 g/mol. The summed E-state index contributed by atoms with van der Waals surface area (Å²) in [5, 5.41) is 69.2. The van der Waals surface area contributed by atoms with Gasteiger partial charge >= 0.3 is 0 Å². The van der Waals surface area contributed by atoms with Crippen LogP contribution in [0.1, 0.15) is 0 Å². The van der Waals surface area contributed by atoms with E-state index in [1.807, 2.05) is 0 Å². The maximum atomic E-state index is 13.3. The van der Waals surface area contributed by atoms with E-state index >= 15 is 0 Å². The lowest BCUT2D eigenvalue weighted by molar-refractivity contribution is -0.434. The summed E-state index contributed by atoms with van der Waals surface area (Å²) in [5.74, 6) is -1.73. The zero-order valence-corrected chi connectivity index (χ0v) is 40.6. The molecule has 0 heterocycles. The molecular formula is C36H31N11O20S6. The molecule has 0 radical (unpaired) electrons. The van der Waals surface area contributed by atoms with Crippen LogP contribution in [0.4, 0.5) is 62.6 Å². The number of nitrogens with one attached hydrogen (secondary N) is 1. The summed E-state index contributed by atoms with van der Waals surface area (Å²) >= 11 is 0.203. The molecule has 0 bridgehead atoms. The van der Waals surface area contributed by atoms with Crippen LogP contribution in [0.5, 0.6) is 5.75 Å². The lowest BCUT2D eigenvalue weighted by Crippen LogP contribution is -2.12. The Morgan fingerprint density at radius 2 is 1.25 bits per heavy atom. The number of nitrogens with two attached hydrogens (primary N) is 3. The number of nitro benzene ring substituents is 1. The summed E-state index contributed by atoms with van der Waals surface area (Å²) in [5.41, 5.74) is 14.6. The minimum Gasteiger partial charge on any atom is -0.505 e. The second-order valence-electron chi connectivity index (χ2n) is 13.9. The number of nitrogen functional groups attached to an aromatic ring is 3. The topological polar surface area (TPSA) is 491 Å². The molecule has 0 aliphatic heterocycles. The molecule has 6 rings (SSSR count). The second kappa shape index (κ2) is 22.8. The van der Waals surface area contributed by atoms with Gasteiger partial charge in [0.2, 0.25) is 0 Å². The van der Waals surface area contributed by atoms with Crippen molar-refractivity contribution in [3.8, 4) is 5.75 Å². The third kappa shape index (κ3) is 13.5. The normalized spacial score (nSPS) is 12.7. The van der Waals surface area contributed by atoms with Crippen LogP contribution in [0.15, 0.2) is 146 Å². The number of nitrogens with zero attached hydrogens (tertiary/aromatic N) is 7. The highest BCUT2D eigenvalue weighted by Gasteiger charge is 2.27. The molecule has 0 spiro atoms. The van der Waals surface area contributed by atoms with Crippen LogP contribution >= 0.6 is 24.4 Å². The average Bonchev–Trinajstić information content (AvgIpc) is 3.32. The van der Waals surface area contributed by atoms with Gasteiger partial charge in [-0.1, -0.05) is 10.1 Å². The number of sulfonamides is 1. The zero-order valence-electron chi connectivity index (χ0n) is 35.7. The molecule has 0 atom stereocenters. The first kappa shape index (κ1) is 55.2. The fourth-order valence-corrected chi connectivity index (χ4v) is 10.4. The van der Waals surface area contributed by atoms with Gasteiger partial charge in [-0.05, 0) is 90.3 Å². The molecule has 0 fully saturated rings. The number of hydrogen-bond donors (Lipinski definition) is 9. The Balaban J connectivity index is 1.29. The largest absolute Gasteiger partial charge is 0.505 e. The van der Waals surface area contributed by atoms with Gasteiger partial charge in [0.15, 0.2) is 27.9 Å². The number of phenols is 1. The Morgan fingerprint density at radius 1 is 0.658 bits per heavy atom. The third-order valence-electron chi connectivity index (χ3n) is 9.29. The molecule has 6 aromatic carbocycles. The van der Waals surface area contributed by atoms with Crippen molar-refractivity contribution < 1.29 is 86.2 Å². The van der Waals surface area contributed by atoms with Crippen LogP contribution < -0.4 is 21.9 Å². The molecule has 6 aromatic rings. The monoisotopic (exact) mass is 1130 g/mol. The van der Waals surface area contributed by atoms with Gasteiger partial charge in [-0.2, -0.15) is 27.1 Å². The molecule has 0 unspecified atom stereocenters. The van der Waals surface area contributed by atoms with E-state index in [-0.39, 0.29) is 73.7 Å². The van der Waals surface area contributed by atoms with Crippen LogP contribution in [0, 0.1) is 10.1 Å². The quantitative estimate of drug-likeness (QED) is 0.00455. The van der Waals surface area contributed by atoms with Crippen molar-refractivity contribution in [1.29, 1.82) is 0 Å². The second-order valence-corrected chi connectivity index (χ2v) is 21.8. The molecule has 31 nitrogen and oxygen atoms in total. The average molecular weight is 1130 g/mol. The number of sulfone groups is 1. The van der Waals surface area contributed by atoms with E-state index in [2.05, 4.69) is 54.2 Å². The number of phenolic OH excluding ortho intramolecular Hbond substituents is 1. The number of azo groups is 3. The highest BCUT2D eigenvalue weighted by Crippen LogP contribution is 2.50. The van der Waals surface area contributed by atoms with Crippen molar-refractivity contribution in [3.05, 3.63) is 101 Å². The van der Waals surface area contributed by atoms with Crippen molar-refractivity contribution in [1.82, 2.24) is 0 Å². The van der Waals surface area contributed by atoms with Crippen LogP contribution in [0.2, 0.25) is 0 Å². The highest BCUT2D eigenvalue weighted by molar-refractivity contribution is 7.94. The Kier molecular flexibility index (Phi) is 17.2. The Bertz CT molecular complexity index is 3670. The van der Waals surface area contributed by atoms with Crippen molar-refractivity contribution in [2.75, 3.05) is 34.3 Å². The van der Waals surface area contributed by atoms with Gasteiger partial charge in [-0.15, -0.1) is 29.1 Å². The SMILES string of the molecule is Nc1cc(N)c([N+](=O)[O-])cc1/N=N/c1ccc(NS(=O)(=O)c2ccc(/N=N/c3c(S(=O)(=O)O)cc4cc(SOOO)c(/N=N/c5ccc(S(=O)(=O)CCOSOOO)cc5S(=O)(=O)O)c(O)c4c3N)cc2)cc1. The predicted octanol–water partition coefficient (Wildman–Crippen LogP) is 7.94. The number of hydrogen-bond acceptors (Lipinski definition) is 29. The van der Waals surface area contributed by atoms with E-state index in [0.29, 0.717) is 6.07 Å². The number of nitro groups is 1. The van der Waals surface area contributed by atoms with Gasteiger partial charge in [0.1, 0.15) is 38.2 Å². The van der Waals surface area contributed by atoms with Crippen LogP contribution in [0.25, 0.3) is 10.8 Å². The summed E-state index contributed by atoms with van der Waals surface area (Å²) in [4.78, 5) is 7.16. The smallest absolute Gasteiger partial charge is 0.296 e. The summed E-state index contributed by atoms with van der Waals surface area (Å²) < 4.78 is 138. The Hall–Kier alpha value is -7.08. The fraction of sp³-hybridized carbons (Fsp3) is 0.0556. The highest BCUT2D eigenvalue weighted by atomic mass is 32.2. The molecule has 0 saturated carbocycles. The van der Waals surface area contributed by atoms with Gasteiger partial charge in [0.05, 0.1) is 72.1 Å². The van der Waals surface area contributed by atoms with Gasteiger partial charge in [-0.25, -0.2) is 27.4 Å². The first-order valence-electron chi connectivity index (χ1n) is 19.0. The molecule has 37 heteroatoms. The molecule has 386 valence electrons. The van der Waals surface area contributed by atoms with Gasteiger partial charge in [0, 0.05) is 11.8 Å². The molecule has 0 aliphatic rings. The van der Waals surface area contributed by atoms with Crippen molar-refractivity contribution >= 4 is 138 Å². The number of anilines is 4. The summed E-state index contributed by atoms with van der Waals surface area (Å²) in [6, 6.07) is 16.2. The number of benzene rings is 6. The van der Waals surface area contributed by atoms with E-state index in [1.54, 1.807) is 0 Å². The van der Waals surface area contributed by atoms with Crippen molar-refractivity contribution in [3.63, 3.8) is 0 Å². The van der Waals surface area contributed by atoms with E-state index in [4.69, 9.17) is 31.9 Å². The number of fused-ring (bicyclic) bond motifs is 1. The van der Waals surface area contributed by atoms with Gasteiger partial charge in [-0.3, -0.25) is 28.1 Å². The summed E-state index contributed by atoms with van der Waals surface area (Å²) in [7, 11) is -19.1. The van der Waals surface area contributed by atoms with Crippen molar-refractivity contribution in [2.24, 2.45) is 30.7 Å². The molecule has 0 amide bonds. The predicted molar refractivity (Wildman–Crippen MR) is 255 cm³/mol. The zero-order chi connectivity index (χ0) is 53.5. The fourth-order valence-electron chi connectivity index (χ4n) is 6.01. The molecule has 12 N–H and O–H groups in total. The molecule has 73 heavy (non-hydrogen) atoms. The number of rotatable bonds is 22. The van der Waals surface area contributed by atoms with E-state index in [9.17, 15) is 58.0 Å². The molecule has 0 saturated heterocycles. The third-order valence-corrected chi connectivity index (χ3v) is 15.1.